The van der Waals surface area contributed by atoms with Gasteiger partial charge in [0, 0.05) is 37.3 Å². The summed E-state index contributed by atoms with van der Waals surface area (Å²) in [6.45, 7) is 2.31. The third kappa shape index (κ3) is 7.12. The highest BCUT2D eigenvalue weighted by atomic mass is 16.5. The van der Waals surface area contributed by atoms with E-state index in [1.54, 1.807) is 17.0 Å². The number of hydrogen-bond acceptors (Lipinski definition) is 7. The summed E-state index contributed by atoms with van der Waals surface area (Å²) >= 11 is 0. The quantitative estimate of drug-likeness (QED) is 0.439. The van der Waals surface area contributed by atoms with Gasteiger partial charge in [0.2, 0.25) is 5.91 Å². The largest absolute Gasteiger partial charge is 0.486 e. The summed E-state index contributed by atoms with van der Waals surface area (Å²) in [5.41, 5.74) is 1.77. The molecule has 0 radical (unpaired) electrons. The molecule has 49 heavy (non-hydrogen) atoms. The molecule has 1 saturated carbocycles. The second-order valence-electron chi connectivity index (χ2n) is 13.3. The molecule has 11 nitrogen and oxygen atoms in total. The Balaban J connectivity index is 1.21. The SMILES string of the molecule is O=C1COc2cc(cc(C(=O)N3CCOCC3)c2)C(=O)N[C@H]2CN(C(=O)C3(c4ccccc4)CCCCC3)C[C@@H]2Oc2ccc(cc2)CN1. The summed E-state index contributed by atoms with van der Waals surface area (Å²) in [6.07, 6.45) is 4.08. The average Bonchev–Trinajstić information content (AvgIpc) is 3.54. The number of morpholine rings is 1. The lowest BCUT2D eigenvalue weighted by Crippen LogP contribution is -2.48. The first-order valence-corrected chi connectivity index (χ1v) is 17.2. The molecule has 4 bridgehead atoms. The van der Waals surface area contributed by atoms with Crippen LogP contribution in [0.15, 0.2) is 72.8 Å². The number of ether oxygens (including phenoxy) is 3. The summed E-state index contributed by atoms with van der Waals surface area (Å²) < 4.78 is 17.7. The Morgan fingerprint density at radius 1 is 0.816 bits per heavy atom. The van der Waals surface area contributed by atoms with Crippen molar-refractivity contribution in [3.63, 3.8) is 0 Å². The monoisotopic (exact) mass is 666 g/mol. The van der Waals surface area contributed by atoms with Gasteiger partial charge < -0.3 is 34.6 Å². The van der Waals surface area contributed by atoms with Crippen molar-refractivity contribution in [1.29, 1.82) is 0 Å². The Bertz CT molecular complexity index is 1680. The van der Waals surface area contributed by atoms with Crippen molar-refractivity contribution in [2.45, 2.75) is 56.2 Å². The van der Waals surface area contributed by atoms with E-state index in [-0.39, 0.29) is 47.7 Å². The zero-order valence-electron chi connectivity index (χ0n) is 27.5. The Morgan fingerprint density at radius 2 is 1.57 bits per heavy atom. The average molecular weight is 667 g/mol. The molecule has 0 unspecified atom stereocenters. The predicted octanol–water partition coefficient (Wildman–Crippen LogP) is 3.46. The Labute approximate surface area is 285 Å². The maximum Gasteiger partial charge on any atom is 0.258 e. The van der Waals surface area contributed by atoms with E-state index in [0.29, 0.717) is 45.1 Å². The van der Waals surface area contributed by atoms with Gasteiger partial charge in [0.15, 0.2) is 6.61 Å². The van der Waals surface area contributed by atoms with Crippen molar-refractivity contribution in [3.05, 3.63) is 95.1 Å². The predicted molar refractivity (Wildman–Crippen MR) is 180 cm³/mol. The second kappa shape index (κ2) is 14.3. The fraction of sp³-hybridized carbons (Fsp3) is 0.421. The summed E-state index contributed by atoms with van der Waals surface area (Å²) in [5, 5.41) is 5.98. The fourth-order valence-corrected chi connectivity index (χ4v) is 7.44. The van der Waals surface area contributed by atoms with Gasteiger partial charge in [-0.15, -0.1) is 0 Å². The van der Waals surface area contributed by atoms with Gasteiger partial charge in [-0.3, -0.25) is 19.2 Å². The number of likely N-dealkylation sites (tertiary alicyclic amines) is 1. The summed E-state index contributed by atoms with van der Waals surface area (Å²) in [6, 6.07) is 21.6. The third-order valence-corrected chi connectivity index (χ3v) is 10.1. The second-order valence-corrected chi connectivity index (χ2v) is 13.3. The van der Waals surface area contributed by atoms with Gasteiger partial charge in [-0.2, -0.15) is 0 Å². The molecule has 4 heterocycles. The van der Waals surface area contributed by atoms with Gasteiger partial charge in [0.25, 0.3) is 17.7 Å². The highest BCUT2D eigenvalue weighted by molar-refractivity contribution is 6.00. The molecule has 256 valence electrons. The molecule has 3 aromatic rings. The lowest BCUT2D eigenvalue weighted by molar-refractivity contribution is -0.138. The molecule has 1 aliphatic carbocycles. The van der Waals surface area contributed by atoms with Crippen molar-refractivity contribution in [3.8, 4) is 11.5 Å². The van der Waals surface area contributed by atoms with E-state index in [0.717, 1.165) is 43.2 Å². The Kier molecular flexibility index (Phi) is 9.52. The molecule has 2 N–H and O–H groups in total. The summed E-state index contributed by atoms with van der Waals surface area (Å²) in [4.78, 5) is 58.3. The van der Waals surface area contributed by atoms with E-state index < -0.39 is 23.5 Å². The minimum atomic E-state index is -0.622. The maximum atomic E-state index is 14.6. The van der Waals surface area contributed by atoms with Crippen molar-refractivity contribution < 1.29 is 33.4 Å². The van der Waals surface area contributed by atoms with E-state index in [1.807, 2.05) is 47.4 Å². The molecule has 8 rings (SSSR count). The number of rotatable bonds is 3. The Morgan fingerprint density at radius 3 is 2.33 bits per heavy atom. The van der Waals surface area contributed by atoms with Crippen LogP contribution in [0.5, 0.6) is 11.5 Å². The van der Waals surface area contributed by atoms with Crippen molar-refractivity contribution in [1.82, 2.24) is 20.4 Å². The lowest BCUT2D eigenvalue weighted by Gasteiger charge is -2.39. The number of fused-ring (bicyclic) bond motifs is 7. The first-order valence-electron chi connectivity index (χ1n) is 17.2. The van der Waals surface area contributed by atoms with E-state index in [1.165, 1.54) is 6.07 Å². The number of benzene rings is 3. The van der Waals surface area contributed by atoms with Gasteiger partial charge in [0.05, 0.1) is 31.2 Å². The molecule has 0 aromatic heterocycles. The van der Waals surface area contributed by atoms with Crippen LogP contribution in [0.2, 0.25) is 0 Å². The van der Waals surface area contributed by atoms with Crippen molar-refractivity contribution >= 4 is 23.6 Å². The number of amides is 4. The standard InChI is InChI=1S/C38H42N4O7/c43-34-25-48-31-20-27(19-28(21-31)36(45)41-15-17-47-18-16-41)35(44)40-32-23-42(24-33(32)49-30-11-9-26(10-12-30)22-39-34)37(46)38(13-5-2-6-14-38)29-7-3-1-4-8-29/h1,3-4,7-12,19-21,32-33H,2,5-6,13-18,22-25H2,(H,39,43)(H,40,44)/t32-,33-/m0/s1. The number of nitrogens with zero attached hydrogens (tertiary/aromatic N) is 2. The Hall–Kier alpha value is -4.90. The first-order chi connectivity index (χ1) is 23.9. The first kappa shape index (κ1) is 32.6. The van der Waals surface area contributed by atoms with E-state index in [4.69, 9.17) is 14.2 Å². The van der Waals surface area contributed by atoms with Gasteiger partial charge in [-0.25, -0.2) is 0 Å². The smallest absolute Gasteiger partial charge is 0.258 e. The molecule has 0 spiro atoms. The zero-order valence-corrected chi connectivity index (χ0v) is 27.5. The molecule has 4 amide bonds. The highest BCUT2D eigenvalue weighted by Crippen LogP contribution is 2.42. The van der Waals surface area contributed by atoms with Crippen LogP contribution in [0.25, 0.3) is 0 Å². The van der Waals surface area contributed by atoms with Crippen LogP contribution >= 0.6 is 0 Å². The highest BCUT2D eigenvalue weighted by Gasteiger charge is 2.48. The minimum absolute atomic E-state index is 0.0609. The topological polar surface area (TPSA) is 127 Å². The van der Waals surface area contributed by atoms with Crippen molar-refractivity contribution in [2.24, 2.45) is 0 Å². The lowest BCUT2D eigenvalue weighted by atomic mass is 9.68. The summed E-state index contributed by atoms with van der Waals surface area (Å²) in [5.74, 6) is -0.147. The van der Waals surface area contributed by atoms with E-state index in [2.05, 4.69) is 22.8 Å². The molecule has 3 aromatic carbocycles. The normalized spacial score (nSPS) is 22.5. The molecule has 5 aliphatic rings. The molecule has 2 atom stereocenters. The summed E-state index contributed by atoms with van der Waals surface area (Å²) in [7, 11) is 0. The molecular formula is C38H42N4O7. The minimum Gasteiger partial charge on any atom is -0.486 e. The number of hydrogen-bond donors (Lipinski definition) is 2. The molecule has 4 aliphatic heterocycles. The number of nitrogens with one attached hydrogen (secondary N) is 2. The molecule has 11 heteroatoms. The van der Waals surface area contributed by atoms with Crippen LogP contribution in [0, 0.1) is 0 Å². The zero-order chi connectivity index (χ0) is 33.8. The van der Waals surface area contributed by atoms with Gasteiger partial charge >= 0.3 is 0 Å². The van der Waals surface area contributed by atoms with Gasteiger partial charge in [0.1, 0.15) is 17.6 Å². The molecule has 2 saturated heterocycles. The van der Waals surface area contributed by atoms with Crippen LogP contribution in [0.4, 0.5) is 0 Å². The fourth-order valence-electron chi connectivity index (χ4n) is 7.44. The van der Waals surface area contributed by atoms with Crippen LogP contribution in [0.1, 0.15) is 63.9 Å². The molecule has 3 fully saturated rings. The number of carbonyl (C=O) groups is 4. The van der Waals surface area contributed by atoms with E-state index >= 15 is 0 Å². The van der Waals surface area contributed by atoms with Crippen LogP contribution in [0.3, 0.4) is 0 Å². The van der Waals surface area contributed by atoms with Gasteiger partial charge in [-0.05, 0) is 54.3 Å². The van der Waals surface area contributed by atoms with Crippen LogP contribution in [-0.4, -0.2) is 91.6 Å². The van der Waals surface area contributed by atoms with Crippen LogP contribution in [-0.2, 0) is 26.3 Å². The van der Waals surface area contributed by atoms with Crippen LogP contribution < -0.4 is 20.1 Å². The molecular weight excluding hydrogens is 624 g/mol. The third-order valence-electron chi connectivity index (χ3n) is 10.1. The maximum absolute atomic E-state index is 14.6. The van der Waals surface area contributed by atoms with Crippen molar-refractivity contribution in [2.75, 3.05) is 46.0 Å². The van der Waals surface area contributed by atoms with E-state index in [9.17, 15) is 19.2 Å². The number of carbonyl (C=O) groups excluding carboxylic acids is 4. The van der Waals surface area contributed by atoms with Gasteiger partial charge in [-0.1, -0.05) is 61.7 Å².